The molecule has 2 rings (SSSR count). The van der Waals surface area contributed by atoms with E-state index in [1.54, 1.807) is 0 Å². The average Bonchev–Trinajstić information content (AvgIpc) is 2.85. The van der Waals surface area contributed by atoms with Gasteiger partial charge < -0.3 is 4.90 Å². The van der Waals surface area contributed by atoms with Crippen molar-refractivity contribution >= 4 is 41.6 Å². The standard InChI is InChI=1S/C10H13NOS3/c1-11(7-2-3-14-5-7)10(12)9-4-8(13)6-15-9/h4,6-7,13H,2-3,5H2,1H3. The molecule has 0 radical (unpaired) electrons. The van der Waals surface area contributed by atoms with Crippen LogP contribution in [0.4, 0.5) is 0 Å². The Kier molecular flexibility index (Phi) is 3.64. The summed E-state index contributed by atoms with van der Waals surface area (Å²) >= 11 is 7.61. The van der Waals surface area contributed by atoms with Crippen LogP contribution in [-0.4, -0.2) is 35.4 Å². The van der Waals surface area contributed by atoms with Gasteiger partial charge in [-0.15, -0.1) is 24.0 Å². The van der Waals surface area contributed by atoms with Crippen molar-refractivity contribution in [3.63, 3.8) is 0 Å². The Morgan fingerprint density at radius 1 is 1.67 bits per heavy atom. The topological polar surface area (TPSA) is 20.3 Å². The van der Waals surface area contributed by atoms with Gasteiger partial charge in [0.1, 0.15) is 0 Å². The summed E-state index contributed by atoms with van der Waals surface area (Å²) in [5.41, 5.74) is 0. The summed E-state index contributed by atoms with van der Waals surface area (Å²) in [7, 11) is 1.90. The minimum atomic E-state index is 0.132. The van der Waals surface area contributed by atoms with Crippen molar-refractivity contribution in [1.82, 2.24) is 4.90 Å². The summed E-state index contributed by atoms with van der Waals surface area (Å²) in [5, 5.41) is 1.90. The van der Waals surface area contributed by atoms with E-state index >= 15 is 0 Å². The van der Waals surface area contributed by atoms with Crippen LogP contribution in [0, 0.1) is 0 Å². The normalized spacial score (nSPS) is 20.5. The SMILES string of the molecule is CN(C(=O)c1cc(S)cs1)C1CCSC1. The van der Waals surface area contributed by atoms with Gasteiger partial charge in [0.2, 0.25) is 0 Å². The van der Waals surface area contributed by atoms with Crippen molar-refractivity contribution in [3.05, 3.63) is 16.3 Å². The molecule has 1 saturated heterocycles. The van der Waals surface area contributed by atoms with Crippen molar-refractivity contribution in [2.24, 2.45) is 0 Å². The molecular formula is C10H13NOS3. The van der Waals surface area contributed by atoms with E-state index in [0.717, 1.165) is 21.9 Å². The third kappa shape index (κ3) is 2.52. The van der Waals surface area contributed by atoms with Crippen LogP contribution in [0.25, 0.3) is 0 Å². The van der Waals surface area contributed by atoms with Crippen LogP contribution >= 0.6 is 35.7 Å². The van der Waals surface area contributed by atoms with Crippen molar-refractivity contribution in [2.45, 2.75) is 17.4 Å². The molecule has 0 spiro atoms. The molecule has 15 heavy (non-hydrogen) atoms. The molecular weight excluding hydrogens is 246 g/mol. The lowest BCUT2D eigenvalue weighted by Crippen LogP contribution is -2.36. The van der Waals surface area contributed by atoms with Gasteiger partial charge >= 0.3 is 0 Å². The molecule has 1 unspecified atom stereocenters. The summed E-state index contributed by atoms with van der Waals surface area (Å²) in [6.45, 7) is 0. The third-order valence-corrected chi connectivity index (χ3v) is 5.07. The van der Waals surface area contributed by atoms with Crippen LogP contribution in [0.2, 0.25) is 0 Å². The average molecular weight is 259 g/mol. The predicted molar refractivity (Wildman–Crippen MR) is 69.4 cm³/mol. The van der Waals surface area contributed by atoms with Crippen LogP contribution in [0.15, 0.2) is 16.3 Å². The molecule has 1 atom stereocenters. The molecule has 0 saturated carbocycles. The van der Waals surface area contributed by atoms with Crippen molar-refractivity contribution in [2.75, 3.05) is 18.6 Å². The number of nitrogens with zero attached hydrogens (tertiary/aromatic N) is 1. The van der Waals surface area contributed by atoms with Crippen molar-refractivity contribution in [3.8, 4) is 0 Å². The second kappa shape index (κ2) is 4.80. The van der Waals surface area contributed by atoms with E-state index in [9.17, 15) is 4.79 Å². The molecule has 0 aromatic carbocycles. The Bertz CT molecular complexity index is 357. The van der Waals surface area contributed by atoms with E-state index < -0.39 is 0 Å². The largest absolute Gasteiger partial charge is 0.337 e. The van der Waals surface area contributed by atoms with Gasteiger partial charge in [0.15, 0.2) is 0 Å². The van der Waals surface area contributed by atoms with Gasteiger partial charge in [-0.2, -0.15) is 11.8 Å². The number of thioether (sulfide) groups is 1. The molecule has 1 aromatic heterocycles. The lowest BCUT2D eigenvalue weighted by molar-refractivity contribution is 0.0752. The first-order valence-electron chi connectivity index (χ1n) is 4.81. The zero-order valence-corrected chi connectivity index (χ0v) is 11.0. The lowest BCUT2D eigenvalue weighted by Gasteiger charge is -2.22. The summed E-state index contributed by atoms with van der Waals surface area (Å²) in [4.78, 5) is 15.6. The van der Waals surface area contributed by atoms with E-state index in [4.69, 9.17) is 0 Å². The molecule has 1 amide bonds. The fraction of sp³-hybridized carbons (Fsp3) is 0.500. The molecule has 2 heterocycles. The quantitative estimate of drug-likeness (QED) is 0.824. The second-order valence-electron chi connectivity index (χ2n) is 3.60. The first-order chi connectivity index (χ1) is 7.18. The molecule has 0 aliphatic carbocycles. The maximum atomic E-state index is 12.0. The summed E-state index contributed by atoms with van der Waals surface area (Å²) in [5.74, 6) is 2.37. The first-order valence-corrected chi connectivity index (χ1v) is 7.29. The fourth-order valence-corrected chi connectivity index (χ4v) is 4.00. The summed E-state index contributed by atoms with van der Waals surface area (Å²) < 4.78 is 0. The number of rotatable bonds is 2. The van der Waals surface area contributed by atoms with E-state index in [2.05, 4.69) is 12.6 Å². The minimum absolute atomic E-state index is 0.132. The zero-order chi connectivity index (χ0) is 10.8. The molecule has 1 fully saturated rings. The molecule has 0 bridgehead atoms. The zero-order valence-electron chi connectivity index (χ0n) is 8.47. The molecule has 1 aromatic rings. The molecule has 5 heteroatoms. The van der Waals surface area contributed by atoms with Crippen molar-refractivity contribution in [1.29, 1.82) is 0 Å². The summed E-state index contributed by atoms with van der Waals surface area (Å²) in [6.07, 6.45) is 1.12. The van der Waals surface area contributed by atoms with Gasteiger partial charge in [0.25, 0.3) is 5.91 Å². The van der Waals surface area contributed by atoms with Gasteiger partial charge in [-0.1, -0.05) is 0 Å². The molecule has 1 aliphatic heterocycles. The number of thiophene rings is 1. The Hall–Kier alpha value is -0.130. The van der Waals surface area contributed by atoms with Crippen LogP contribution in [-0.2, 0) is 0 Å². The van der Waals surface area contributed by atoms with E-state index in [0.29, 0.717) is 6.04 Å². The summed E-state index contributed by atoms with van der Waals surface area (Å²) in [6, 6.07) is 2.25. The van der Waals surface area contributed by atoms with Crippen molar-refractivity contribution < 1.29 is 4.79 Å². The Labute approximate surface area is 103 Å². The van der Waals surface area contributed by atoms with Crippen LogP contribution in [0.3, 0.4) is 0 Å². The van der Waals surface area contributed by atoms with Gasteiger partial charge in [0, 0.05) is 29.1 Å². The first kappa shape index (κ1) is 11.4. The molecule has 1 aliphatic rings. The molecule has 2 nitrogen and oxygen atoms in total. The Balaban J connectivity index is 2.06. The monoisotopic (exact) mass is 259 g/mol. The van der Waals surface area contributed by atoms with E-state index in [-0.39, 0.29) is 5.91 Å². The number of carbonyl (C=O) groups is 1. The molecule has 82 valence electrons. The second-order valence-corrected chi connectivity index (χ2v) is 6.18. The number of amides is 1. The Morgan fingerprint density at radius 3 is 3.00 bits per heavy atom. The van der Waals surface area contributed by atoms with Gasteiger partial charge in [-0.05, 0) is 18.2 Å². The third-order valence-electron chi connectivity index (χ3n) is 2.57. The highest BCUT2D eigenvalue weighted by Crippen LogP contribution is 2.25. The van der Waals surface area contributed by atoms with Gasteiger partial charge in [-0.25, -0.2) is 0 Å². The number of carbonyl (C=O) groups excluding carboxylic acids is 1. The highest BCUT2D eigenvalue weighted by molar-refractivity contribution is 7.99. The maximum Gasteiger partial charge on any atom is 0.263 e. The van der Waals surface area contributed by atoms with Gasteiger partial charge in [0.05, 0.1) is 4.88 Å². The van der Waals surface area contributed by atoms with E-state index in [1.165, 1.54) is 17.1 Å². The van der Waals surface area contributed by atoms with Crippen LogP contribution in [0.1, 0.15) is 16.1 Å². The number of thiol groups is 1. The number of hydrogen-bond donors (Lipinski definition) is 1. The predicted octanol–water partition coefficient (Wildman–Crippen LogP) is 2.61. The highest BCUT2D eigenvalue weighted by Gasteiger charge is 2.25. The highest BCUT2D eigenvalue weighted by atomic mass is 32.2. The van der Waals surface area contributed by atoms with E-state index in [1.807, 2.05) is 35.2 Å². The van der Waals surface area contributed by atoms with Gasteiger partial charge in [-0.3, -0.25) is 4.79 Å². The fourth-order valence-electron chi connectivity index (χ4n) is 1.61. The Morgan fingerprint density at radius 2 is 2.47 bits per heavy atom. The number of hydrogen-bond acceptors (Lipinski definition) is 4. The maximum absolute atomic E-state index is 12.0. The van der Waals surface area contributed by atoms with Crippen LogP contribution in [0.5, 0.6) is 0 Å². The van der Waals surface area contributed by atoms with Crippen LogP contribution < -0.4 is 0 Å². The molecule has 0 N–H and O–H groups in total. The minimum Gasteiger partial charge on any atom is -0.337 e. The smallest absolute Gasteiger partial charge is 0.263 e. The lowest BCUT2D eigenvalue weighted by atomic mass is 10.2.